The van der Waals surface area contributed by atoms with Gasteiger partial charge in [-0.15, -0.1) is 0 Å². The van der Waals surface area contributed by atoms with Crippen LogP contribution in [0.15, 0.2) is 76.6 Å². The Morgan fingerprint density at radius 1 is 0.915 bits per heavy atom. The highest BCUT2D eigenvalue weighted by molar-refractivity contribution is 8.00. The van der Waals surface area contributed by atoms with Crippen LogP contribution in [-0.2, 0) is 25.7 Å². The number of carbonyl (C=O) groups is 4. The van der Waals surface area contributed by atoms with Crippen LogP contribution in [0.1, 0.15) is 33.6 Å². The molecule has 2 aliphatic rings. The number of amides is 3. The molecule has 0 bridgehead atoms. The number of benzene rings is 3. The minimum absolute atomic E-state index is 0.208. The number of fused-ring (bicyclic) bond motifs is 2. The maximum atomic E-state index is 14.2. The molecule has 0 radical (unpaired) electrons. The fourth-order valence-electron chi connectivity index (χ4n) is 5.75. The van der Waals surface area contributed by atoms with Crippen molar-refractivity contribution in [2.45, 2.75) is 29.7 Å². The van der Waals surface area contributed by atoms with Crippen LogP contribution >= 0.6 is 34.7 Å². The largest absolute Gasteiger partial charge is 0.493 e. The van der Waals surface area contributed by atoms with Crippen molar-refractivity contribution < 1.29 is 33.4 Å². The highest BCUT2D eigenvalue weighted by Crippen LogP contribution is 2.54. The second-order valence-electron chi connectivity index (χ2n) is 10.6. The van der Waals surface area contributed by atoms with Gasteiger partial charge in [0.1, 0.15) is 11.8 Å². The van der Waals surface area contributed by atoms with Crippen molar-refractivity contribution in [2.24, 2.45) is 5.92 Å². The Morgan fingerprint density at radius 3 is 2.28 bits per heavy atom. The third-order valence-electron chi connectivity index (χ3n) is 7.88. The minimum atomic E-state index is -0.905. The predicted molar refractivity (Wildman–Crippen MR) is 178 cm³/mol. The summed E-state index contributed by atoms with van der Waals surface area (Å²) in [5.41, 5.74) is 1.73. The van der Waals surface area contributed by atoms with Gasteiger partial charge in [0.15, 0.2) is 11.5 Å². The molecular formula is C33H28ClN3O8S2. The number of nitrogens with one attached hydrogen (secondary N) is 1. The Labute approximate surface area is 282 Å². The highest BCUT2D eigenvalue weighted by atomic mass is 35.5. The van der Waals surface area contributed by atoms with Crippen LogP contribution in [0.5, 0.6) is 11.5 Å². The van der Waals surface area contributed by atoms with Crippen molar-refractivity contribution in [3.8, 4) is 11.5 Å². The molecule has 242 valence electrons. The molecule has 11 nitrogen and oxygen atoms in total. The van der Waals surface area contributed by atoms with Crippen LogP contribution in [0, 0.1) is 5.92 Å². The van der Waals surface area contributed by atoms with Gasteiger partial charge in [0.25, 0.3) is 0 Å². The number of methoxy groups -OCH3 is 2. The summed E-state index contributed by atoms with van der Waals surface area (Å²) in [6.45, 7) is 1.60. The van der Waals surface area contributed by atoms with Crippen molar-refractivity contribution in [3.05, 3.63) is 97.4 Å². The molecule has 3 atom stereocenters. The normalized spacial score (nSPS) is 18.4. The fraction of sp³-hybridized carbons (Fsp3) is 0.242. The molecule has 0 spiro atoms. The van der Waals surface area contributed by atoms with Gasteiger partial charge in [-0.1, -0.05) is 40.8 Å². The zero-order chi connectivity index (χ0) is 33.4. The van der Waals surface area contributed by atoms with Gasteiger partial charge >= 0.3 is 10.8 Å². The average molecular weight is 694 g/mol. The van der Waals surface area contributed by atoms with Crippen molar-refractivity contribution in [1.29, 1.82) is 0 Å². The summed E-state index contributed by atoms with van der Waals surface area (Å²) >= 11 is 8.00. The molecule has 14 heteroatoms. The van der Waals surface area contributed by atoms with Crippen molar-refractivity contribution in [3.63, 3.8) is 0 Å². The number of rotatable bonds is 9. The van der Waals surface area contributed by atoms with Gasteiger partial charge in [0.05, 0.1) is 43.0 Å². The molecule has 0 saturated carbocycles. The summed E-state index contributed by atoms with van der Waals surface area (Å²) in [7, 11) is 3.00. The Kier molecular flexibility index (Phi) is 9.13. The summed E-state index contributed by atoms with van der Waals surface area (Å²) in [5, 5.41) is 2.81. The number of nitrogens with zero attached hydrogens (tertiary/aromatic N) is 2. The number of imide groups is 1. The molecule has 3 heterocycles. The van der Waals surface area contributed by atoms with E-state index in [-0.39, 0.29) is 18.7 Å². The number of thiazole rings is 1. The van der Waals surface area contributed by atoms with Gasteiger partial charge in [-0.25, -0.2) is 9.69 Å². The Balaban J connectivity index is 1.40. The van der Waals surface area contributed by atoms with Gasteiger partial charge in [0, 0.05) is 21.5 Å². The first-order valence-corrected chi connectivity index (χ1v) is 16.5. The minimum Gasteiger partial charge on any atom is -0.493 e. The zero-order valence-electron chi connectivity index (χ0n) is 25.4. The first-order chi connectivity index (χ1) is 22.6. The van der Waals surface area contributed by atoms with Crippen molar-refractivity contribution in [1.82, 2.24) is 4.57 Å². The lowest BCUT2D eigenvalue weighted by Gasteiger charge is -2.31. The molecule has 1 fully saturated rings. The summed E-state index contributed by atoms with van der Waals surface area (Å²) in [6, 6.07) is 17.9. The molecule has 2 aliphatic heterocycles. The third kappa shape index (κ3) is 6.01. The van der Waals surface area contributed by atoms with Crippen LogP contribution in [-0.4, -0.2) is 54.3 Å². The fourth-order valence-corrected chi connectivity index (χ4v) is 8.65. The molecule has 6 rings (SSSR count). The Hall–Kier alpha value is -4.59. The molecule has 3 aromatic carbocycles. The standard InChI is InChI=1S/C33H28ClN3O8S2/c1-4-45-32(41)17-5-12-21(13-6-17)37-29(39)26-25(18-7-14-22(43-2)23(15-18)44-3)28-31(46-27(26)30(37)40)36(33(42)47-28)16-24(38)35-20-10-8-19(34)9-11-20/h5-15,25-27H,4,16H2,1-3H3,(H,35,38)/t25-,26?,27?/m0/s1. The van der Waals surface area contributed by atoms with E-state index in [1.165, 1.54) is 43.1 Å². The van der Waals surface area contributed by atoms with Crippen LogP contribution in [0.4, 0.5) is 11.4 Å². The quantitative estimate of drug-likeness (QED) is 0.186. The van der Waals surface area contributed by atoms with E-state index >= 15 is 0 Å². The number of hydrogen-bond donors (Lipinski definition) is 1. The van der Waals surface area contributed by atoms with Gasteiger partial charge in [-0.05, 0) is 73.2 Å². The topological polar surface area (TPSA) is 133 Å². The van der Waals surface area contributed by atoms with Crippen LogP contribution in [0.25, 0.3) is 0 Å². The van der Waals surface area contributed by atoms with E-state index in [0.717, 1.165) is 28.0 Å². The SMILES string of the molecule is CCOC(=O)c1ccc(N2C(=O)C3Sc4c(sc(=O)n4CC(=O)Nc4ccc(Cl)cc4)[C@@H](c4ccc(OC)c(OC)c4)C3C2=O)cc1. The van der Waals surface area contributed by atoms with E-state index in [2.05, 4.69) is 5.32 Å². The molecule has 1 aromatic heterocycles. The number of ether oxygens (including phenoxy) is 3. The number of aromatic nitrogens is 1. The van der Waals surface area contributed by atoms with Crippen LogP contribution in [0.2, 0.25) is 5.02 Å². The van der Waals surface area contributed by atoms with Crippen molar-refractivity contribution >= 4 is 69.8 Å². The lowest BCUT2D eigenvalue weighted by molar-refractivity contribution is -0.122. The lowest BCUT2D eigenvalue weighted by Crippen LogP contribution is -2.33. The van der Waals surface area contributed by atoms with E-state index in [4.69, 9.17) is 25.8 Å². The second kappa shape index (κ2) is 13.3. The van der Waals surface area contributed by atoms with E-state index in [1.807, 2.05) is 0 Å². The Morgan fingerprint density at radius 2 is 1.62 bits per heavy atom. The van der Waals surface area contributed by atoms with Crippen molar-refractivity contribution in [2.75, 3.05) is 31.0 Å². The monoisotopic (exact) mass is 693 g/mol. The van der Waals surface area contributed by atoms with Crippen LogP contribution < -0.4 is 24.6 Å². The maximum absolute atomic E-state index is 14.2. The lowest BCUT2D eigenvalue weighted by atomic mass is 9.83. The molecule has 3 amide bonds. The van der Waals surface area contributed by atoms with Gasteiger partial charge < -0.3 is 19.5 Å². The van der Waals surface area contributed by atoms with E-state index in [9.17, 15) is 24.0 Å². The van der Waals surface area contributed by atoms with Crippen LogP contribution in [0.3, 0.4) is 0 Å². The molecule has 4 aromatic rings. The predicted octanol–water partition coefficient (Wildman–Crippen LogP) is 5.19. The third-order valence-corrected chi connectivity index (χ3v) is 10.7. The average Bonchev–Trinajstić information content (AvgIpc) is 3.51. The number of hydrogen-bond acceptors (Lipinski definition) is 10. The number of thioether (sulfide) groups is 1. The summed E-state index contributed by atoms with van der Waals surface area (Å²) in [4.78, 5) is 68.3. The summed E-state index contributed by atoms with van der Waals surface area (Å²) in [6.07, 6.45) is 0. The number of esters is 1. The molecule has 47 heavy (non-hydrogen) atoms. The molecule has 1 N–H and O–H groups in total. The smallest absolute Gasteiger partial charge is 0.338 e. The molecule has 0 aliphatic carbocycles. The number of anilines is 2. The number of carbonyl (C=O) groups excluding carboxylic acids is 4. The molecule has 2 unspecified atom stereocenters. The van der Waals surface area contributed by atoms with Gasteiger partial charge in [-0.3, -0.25) is 23.7 Å². The van der Waals surface area contributed by atoms with E-state index < -0.39 is 45.6 Å². The first kappa shape index (κ1) is 32.4. The zero-order valence-corrected chi connectivity index (χ0v) is 27.7. The van der Waals surface area contributed by atoms with E-state index in [1.54, 1.807) is 49.4 Å². The first-order valence-electron chi connectivity index (χ1n) is 14.5. The number of halogens is 1. The molecule has 1 saturated heterocycles. The molecular weight excluding hydrogens is 666 g/mol. The maximum Gasteiger partial charge on any atom is 0.338 e. The second-order valence-corrected chi connectivity index (χ2v) is 13.2. The van der Waals surface area contributed by atoms with Gasteiger partial charge in [-0.2, -0.15) is 0 Å². The van der Waals surface area contributed by atoms with Gasteiger partial charge in [0.2, 0.25) is 17.7 Å². The summed E-state index contributed by atoms with van der Waals surface area (Å²) < 4.78 is 17.4. The Bertz CT molecular complexity index is 1940. The highest BCUT2D eigenvalue weighted by Gasteiger charge is 2.57. The van der Waals surface area contributed by atoms with E-state index in [0.29, 0.717) is 43.4 Å². The summed E-state index contributed by atoms with van der Waals surface area (Å²) in [5.74, 6) is -2.59.